The number of hydrogen-bond donors (Lipinski definition) is 2. The zero-order valence-corrected chi connectivity index (χ0v) is 7.40. The summed E-state index contributed by atoms with van der Waals surface area (Å²) in [5.74, 6) is -0.202. The molecule has 0 spiro atoms. The Morgan fingerprint density at radius 3 is 2.45 bits per heavy atom. The van der Waals surface area contributed by atoms with Crippen LogP contribution < -0.4 is 11.1 Å². The van der Waals surface area contributed by atoms with E-state index in [1.165, 1.54) is 18.7 Å². The molecule has 0 aromatic heterocycles. The zero-order valence-electron chi connectivity index (χ0n) is 6.59. The van der Waals surface area contributed by atoms with Crippen LogP contribution in [0.3, 0.4) is 0 Å². The number of nitrogens with one attached hydrogen (secondary N) is 1. The maximum atomic E-state index is 10.6. The van der Waals surface area contributed by atoms with Crippen LogP contribution in [0.1, 0.15) is 6.92 Å². The van der Waals surface area contributed by atoms with Crippen molar-refractivity contribution in [3.8, 4) is 0 Å². The van der Waals surface area contributed by atoms with Gasteiger partial charge in [0.1, 0.15) is 6.04 Å². The highest BCUT2D eigenvalue weighted by atomic mass is 32.2. The van der Waals surface area contributed by atoms with Crippen molar-refractivity contribution in [3.05, 3.63) is 0 Å². The zero-order chi connectivity index (χ0) is 8.85. The van der Waals surface area contributed by atoms with Crippen molar-refractivity contribution < 1.29 is 9.59 Å². The van der Waals surface area contributed by atoms with Crippen LogP contribution in [0.15, 0.2) is 0 Å². The minimum absolute atomic E-state index is 0.233. The van der Waals surface area contributed by atoms with Gasteiger partial charge in [-0.15, -0.1) is 0 Å². The van der Waals surface area contributed by atoms with Crippen molar-refractivity contribution in [2.24, 2.45) is 5.73 Å². The maximum Gasteiger partial charge on any atom is 0.240 e. The fourth-order valence-electron chi connectivity index (χ4n) is 0.607. The molecule has 64 valence electrons. The SMILES string of the molecule is CSC[C@H](NC(C)=O)C(N)=O. The molecule has 0 aromatic carbocycles. The molecular formula is C6H12N2O2S. The summed E-state index contributed by atoms with van der Waals surface area (Å²) in [7, 11) is 0. The molecule has 0 fully saturated rings. The van der Waals surface area contributed by atoms with Gasteiger partial charge in [0, 0.05) is 12.7 Å². The number of carbonyl (C=O) groups excluding carboxylic acids is 2. The second kappa shape index (κ2) is 5.01. The van der Waals surface area contributed by atoms with Gasteiger partial charge in [0.15, 0.2) is 0 Å². The molecule has 0 aliphatic heterocycles. The highest BCUT2D eigenvalue weighted by Crippen LogP contribution is 1.95. The lowest BCUT2D eigenvalue weighted by Crippen LogP contribution is -2.45. The van der Waals surface area contributed by atoms with Gasteiger partial charge in [0.25, 0.3) is 0 Å². The first kappa shape index (κ1) is 10.3. The highest BCUT2D eigenvalue weighted by molar-refractivity contribution is 7.98. The topological polar surface area (TPSA) is 72.2 Å². The molecule has 0 rings (SSSR count). The van der Waals surface area contributed by atoms with Gasteiger partial charge in [0.2, 0.25) is 11.8 Å². The summed E-state index contributed by atoms with van der Waals surface area (Å²) in [5, 5.41) is 2.45. The van der Waals surface area contributed by atoms with Gasteiger partial charge in [-0.1, -0.05) is 0 Å². The Kier molecular flexibility index (Phi) is 4.69. The van der Waals surface area contributed by atoms with Crippen LogP contribution in [0.5, 0.6) is 0 Å². The van der Waals surface area contributed by atoms with Crippen LogP contribution in [0.4, 0.5) is 0 Å². The van der Waals surface area contributed by atoms with Crippen molar-refractivity contribution in [3.63, 3.8) is 0 Å². The molecule has 5 heteroatoms. The average molecular weight is 176 g/mol. The molecule has 0 aromatic rings. The molecule has 0 aliphatic carbocycles. The molecule has 0 radical (unpaired) electrons. The second-order valence-corrected chi connectivity index (χ2v) is 3.02. The molecule has 11 heavy (non-hydrogen) atoms. The lowest BCUT2D eigenvalue weighted by molar-refractivity contribution is -0.125. The van der Waals surface area contributed by atoms with Crippen LogP contribution in [0.25, 0.3) is 0 Å². The third kappa shape index (κ3) is 4.66. The third-order valence-electron chi connectivity index (χ3n) is 1.05. The standard InChI is InChI=1S/C6H12N2O2S/c1-4(9)8-5(3-11-2)6(7)10/h5H,3H2,1-2H3,(H2,7,10)(H,8,9)/t5-/m0/s1. The highest BCUT2D eigenvalue weighted by Gasteiger charge is 2.14. The Bertz CT molecular complexity index is 161. The molecule has 0 saturated heterocycles. The maximum absolute atomic E-state index is 10.6. The Morgan fingerprint density at radius 2 is 2.18 bits per heavy atom. The molecule has 0 aliphatic rings. The first-order chi connectivity index (χ1) is 5.07. The predicted molar refractivity (Wildman–Crippen MR) is 45.2 cm³/mol. The summed E-state index contributed by atoms with van der Waals surface area (Å²) < 4.78 is 0. The van der Waals surface area contributed by atoms with E-state index in [-0.39, 0.29) is 5.91 Å². The number of primary amides is 1. The van der Waals surface area contributed by atoms with E-state index < -0.39 is 11.9 Å². The molecule has 0 heterocycles. The van der Waals surface area contributed by atoms with Gasteiger partial charge in [-0.25, -0.2) is 0 Å². The van der Waals surface area contributed by atoms with Gasteiger partial charge >= 0.3 is 0 Å². The van der Waals surface area contributed by atoms with Crippen LogP contribution in [0, 0.1) is 0 Å². The Morgan fingerprint density at radius 1 is 1.64 bits per heavy atom. The van der Waals surface area contributed by atoms with Crippen molar-refractivity contribution >= 4 is 23.6 Å². The van der Waals surface area contributed by atoms with Gasteiger partial charge in [-0.05, 0) is 6.26 Å². The fraction of sp³-hybridized carbons (Fsp3) is 0.667. The monoisotopic (exact) mass is 176 g/mol. The van der Waals surface area contributed by atoms with Crippen molar-refractivity contribution in [1.29, 1.82) is 0 Å². The molecule has 0 unspecified atom stereocenters. The van der Waals surface area contributed by atoms with E-state index >= 15 is 0 Å². The van der Waals surface area contributed by atoms with Crippen LogP contribution >= 0.6 is 11.8 Å². The second-order valence-electron chi connectivity index (χ2n) is 2.11. The number of thioether (sulfide) groups is 1. The van der Waals surface area contributed by atoms with Gasteiger partial charge < -0.3 is 11.1 Å². The third-order valence-corrected chi connectivity index (χ3v) is 1.72. The summed E-state index contributed by atoms with van der Waals surface area (Å²) in [6, 6.07) is -0.539. The van der Waals surface area contributed by atoms with Crippen molar-refractivity contribution in [2.75, 3.05) is 12.0 Å². The van der Waals surface area contributed by atoms with E-state index in [0.717, 1.165) is 0 Å². The minimum atomic E-state index is -0.539. The minimum Gasteiger partial charge on any atom is -0.368 e. The molecule has 3 N–H and O–H groups in total. The fourth-order valence-corrected chi connectivity index (χ4v) is 1.19. The number of nitrogens with two attached hydrogens (primary N) is 1. The Labute approximate surface area is 69.9 Å². The Hall–Kier alpha value is -0.710. The van der Waals surface area contributed by atoms with Gasteiger partial charge in [-0.2, -0.15) is 11.8 Å². The smallest absolute Gasteiger partial charge is 0.240 e. The Balaban J connectivity index is 3.89. The summed E-state index contributed by atoms with van der Waals surface area (Å²) >= 11 is 1.46. The lowest BCUT2D eigenvalue weighted by Gasteiger charge is -2.11. The number of hydrogen-bond acceptors (Lipinski definition) is 3. The van der Waals surface area contributed by atoms with Crippen molar-refractivity contribution in [2.45, 2.75) is 13.0 Å². The van der Waals surface area contributed by atoms with E-state index in [4.69, 9.17) is 5.73 Å². The average Bonchev–Trinajstić information content (AvgIpc) is 1.86. The van der Waals surface area contributed by atoms with E-state index in [1.807, 2.05) is 6.26 Å². The van der Waals surface area contributed by atoms with E-state index in [1.54, 1.807) is 0 Å². The summed E-state index contributed by atoms with van der Waals surface area (Å²) in [4.78, 5) is 21.1. The predicted octanol–water partition coefficient (Wildman–Crippen LogP) is -0.661. The molecular weight excluding hydrogens is 164 g/mol. The molecule has 1 atom stereocenters. The first-order valence-corrected chi connectivity index (χ1v) is 4.52. The number of carbonyl (C=O) groups is 2. The summed E-state index contributed by atoms with van der Waals surface area (Å²) in [6.07, 6.45) is 1.84. The largest absolute Gasteiger partial charge is 0.368 e. The van der Waals surface area contributed by atoms with E-state index in [0.29, 0.717) is 5.75 Å². The van der Waals surface area contributed by atoms with Crippen LogP contribution in [0.2, 0.25) is 0 Å². The molecule has 0 saturated carbocycles. The lowest BCUT2D eigenvalue weighted by atomic mass is 10.3. The van der Waals surface area contributed by atoms with E-state index in [9.17, 15) is 9.59 Å². The normalized spacial score (nSPS) is 12.2. The molecule has 2 amide bonds. The summed E-state index contributed by atoms with van der Waals surface area (Å²) in [5.41, 5.74) is 5.00. The number of rotatable bonds is 4. The van der Waals surface area contributed by atoms with Crippen molar-refractivity contribution in [1.82, 2.24) is 5.32 Å². The van der Waals surface area contributed by atoms with E-state index in [2.05, 4.69) is 5.32 Å². The first-order valence-electron chi connectivity index (χ1n) is 3.13. The molecule has 4 nitrogen and oxygen atoms in total. The summed E-state index contributed by atoms with van der Waals surface area (Å²) in [6.45, 7) is 1.36. The van der Waals surface area contributed by atoms with Gasteiger partial charge in [0.05, 0.1) is 0 Å². The number of amides is 2. The van der Waals surface area contributed by atoms with Gasteiger partial charge in [-0.3, -0.25) is 9.59 Å². The van der Waals surface area contributed by atoms with Crippen LogP contribution in [-0.4, -0.2) is 29.9 Å². The molecule has 0 bridgehead atoms. The van der Waals surface area contributed by atoms with Crippen LogP contribution in [-0.2, 0) is 9.59 Å². The quantitative estimate of drug-likeness (QED) is 0.597.